The molecule has 0 fully saturated rings. The molecule has 0 unspecified atom stereocenters. The van der Waals surface area contributed by atoms with E-state index in [9.17, 15) is 0 Å². The van der Waals surface area contributed by atoms with Gasteiger partial charge in [0, 0.05) is 30.5 Å². The largest absolute Gasteiger partial charge is 0.352 e. The van der Waals surface area contributed by atoms with Crippen LogP contribution in [0.4, 0.5) is 11.6 Å². The lowest BCUT2D eigenvalue weighted by molar-refractivity contribution is 0.725. The summed E-state index contributed by atoms with van der Waals surface area (Å²) < 4.78 is 0. The number of hydrogen-bond acceptors (Lipinski definition) is 6. The van der Waals surface area contributed by atoms with Crippen molar-refractivity contribution >= 4 is 23.0 Å². The predicted octanol–water partition coefficient (Wildman–Crippen LogP) is 1.95. The van der Waals surface area contributed by atoms with Crippen molar-refractivity contribution in [3.05, 3.63) is 33.8 Å². The SMILES string of the molecule is CCc1nc(NN)cc(N2CCc3sccc3C2)n1. The van der Waals surface area contributed by atoms with Crippen LogP contribution in [0.25, 0.3) is 0 Å². The number of aryl methyl sites for hydroxylation is 1. The maximum atomic E-state index is 5.47. The second-order valence-corrected chi connectivity index (χ2v) is 5.57. The number of nitrogens with zero attached hydrogens (tertiary/aromatic N) is 3. The van der Waals surface area contributed by atoms with E-state index in [2.05, 4.69) is 31.7 Å². The highest BCUT2D eigenvalue weighted by Crippen LogP contribution is 2.27. The van der Waals surface area contributed by atoms with E-state index < -0.39 is 0 Å². The highest BCUT2D eigenvalue weighted by atomic mass is 32.1. The molecule has 19 heavy (non-hydrogen) atoms. The van der Waals surface area contributed by atoms with E-state index in [-0.39, 0.29) is 0 Å². The number of nitrogen functional groups attached to an aromatic ring is 1. The standard InChI is InChI=1S/C13H17N5S/c1-2-11-15-12(17-14)7-13(16-11)18-5-3-10-9(8-18)4-6-19-10/h4,6-7H,2-3,5,8,14H2,1H3,(H,15,16,17). The van der Waals surface area contributed by atoms with Gasteiger partial charge >= 0.3 is 0 Å². The van der Waals surface area contributed by atoms with Gasteiger partial charge in [-0.2, -0.15) is 0 Å². The first-order valence-electron chi connectivity index (χ1n) is 6.45. The Kier molecular flexibility index (Phi) is 3.35. The zero-order valence-electron chi connectivity index (χ0n) is 10.9. The summed E-state index contributed by atoms with van der Waals surface area (Å²) in [6.07, 6.45) is 1.89. The van der Waals surface area contributed by atoms with Crippen LogP contribution in [0.5, 0.6) is 0 Å². The summed E-state index contributed by atoms with van der Waals surface area (Å²) in [5.74, 6) is 7.93. The molecule has 6 heteroatoms. The molecule has 3 heterocycles. The van der Waals surface area contributed by atoms with Crippen molar-refractivity contribution in [2.45, 2.75) is 26.3 Å². The molecule has 2 aromatic rings. The molecule has 2 aromatic heterocycles. The predicted molar refractivity (Wildman–Crippen MR) is 78.3 cm³/mol. The van der Waals surface area contributed by atoms with Crippen molar-refractivity contribution in [2.24, 2.45) is 5.84 Å². The summed E-state index contributed by atoms with van der Waals surface area (Å²) in [5, 5.41) is 2.17. The Bertz CT molecular complexity index is 558. The normalized spacial score (nSPS) is 14.3. The minimum Gasteiger partial charge on any atom is -0.352 e. The Morgan fingerprint density at radius 3 is 3.16 bits per heavy atom. The Morgan fingerprint density at radius 1 is 1.47 bits per heavy atom. The summed E-state index contributed by atoms with van der Waals surface area (Å²) >= 11 is 1.85. The van der Waals surface area contributed by atoms with E-state index in [0.29, 0.717) is 5.82 Å². The van der Waals surface area contributed by atoms with E-state index in [1.54, 1.807) is 0 Å². The lowest BCUT2D eigenvalue weighted by Crippen LogP contribution is -2.30. The molecule has 0 atom stereocenters. The Balaban J connectivity index is 1.90. The first kappa shape index (κ1) is 12.4. The van der Waals surface area contributed by atoms with Gasteiger partial charge in [-0.3, -0.25) is 0 Å². The van der Waals surface area contributed by atoms with Gasteiger partial charge in [0.1, 0.15) is 17.5 Å². The molecule has 0 aliphatic carbocycles. The monoisotopic (exact) mass is 275 g/mol. The third-order valence-electron chi connectivity index (χ3n) is 3.35. The van der Waals surface area contributed by atoms with Crippen molar-refractivity contribution in [3.63, 3.8) is 0 Å². The first-order valence-corrected chi connectivity index (χ1v) is 7.33. The topological polar surface area (TPSA) is 67.1 Å². The van der Waals surface area contributed by atoms with Gasteiger partial charge in [0.25, 0.3) is 0 Å². The van der Waals surface area contributed by atoms with Crippen molar-refractivity contribution in [1.29, 1.82) is 0 Å². The molecular formula is C13H17N5S. The molecule has 0 aromatic carbocycles. The fraction of sp³-hybridized carbons (Fsp3) is 0.385. The smallest absolute Gasteiger partial charge is 0.145 e. The van der Waals surface area contributed by atoms with E-state index in [4.69, 9.17) is 5.84 Å². The number of aromatic nitrogens is 2. The lowest BCUT2D eigenvalue weighted by atomic mass is 10.1. The molecule has 3 rings (SSSR count). The first-order chi connectivity index (χ1) is 9.30. The average Bonchev–Trinajstić information content (AvgIpc) is 2.94. The molecule has 0 amide bonds. The quantitative estimate of drug-likeness (QED) is 0.662. The van der Waals surface area contributed by atoms with Gasteiger partial charge in [-0.15, -0.1) is 11.3 Å². The third-order valence-corrected chi connectivity index (χ3v) is 4.38. The number of nitrogens with one attached hydrogen (secondary N) is 1. The molecule has 100 valence electrons. The minimum absolute atomic E-state index is 0.679. The van der Waals surface area contributed by atoms with Crippen LogP contribution in [0.2, 0.25) is 0 Å². The Hall–Kier alpha value is -1.66. The Morgan fingerprint density at radius 2 is 2.37 bits per heavy atom. The second kappa shape index (κ2) is 5.14. The molecule has 1 aliphatic rings. The molecule has 0 saturated heterocycles. The highest BCUT2D eigenvalue weighted by molar-refractivity contribution is 7.10. The summed E-state index contributed by atoms with van der Waals surface area (Å²) in [6, 6.07) is 4.12. The second-order valence-electron chi connectivity index (χ2n) is 4.57. The molecule has 0 saturated carbocycles. The fourth-order valence-corrected chi connectivity index (χ4v) is 3.21. The van der Waals surface area contributed by atoms with Crippen LogP contribution in [0.1, 0.15) is 23.2 Å². The molecule has 0 spiro atoms. The van der Waals surface area contributed by atoms with Gasteiger partial charge in [0.2, 0.25) is 0 Å². The van der Waals surface area contributed by atoms with Crippen LogP contribution in [0.15, 0.2) is 17.5 Å². The summed E-state index contributed by atoms with van der Waals surface area (Å²) in [5.41, 5.74) is 4.03. The van der Waals surface area contributed by atoms with Crippen molar-refractivity contribution in [2.75, 3.05) is 16.9 Å². The molecule has 3 N–H and O–H groups in total. The zero-order chi connectivity index (χ0) is 13.2. The van der Waals surface area contributed by atoms with Gasteiger partial charge in [0.05, 0.1) is 0 Å². The average molecular weight is 275 g/mol. The van der Waals surface area contributed by atoms with Crippen molar-refractivity contribution in [1.82, 2.24) is 9.97 Å². The zero-order valence-corrected chi connectivity index (χ0v) is 11.7. The van der Waals surface area contributed by atoms with Gasteiger partial charge in [0.15, 0.2) is 0 Å². The number of nitrogens with two attached hydrogens (primary N) is 1. The number of rotatable bonds is 3. The van der Waals surface area contributed by atoms with Crippen LogP contribution >= 0.6 is 11.3 Å². The summed E-state index contributed by atoms with van der Waals surface area (Å²) in [6.45, 7) is 3.97. The van der Waals surface area contributed by atoms with Crippen molar-refractivity contribution in [3.8, 4) is 0 Å². The number of anilines is 2. The van der Waals surface area contributed by atoms with E-state index in [1.807, 2.05) is 24.3 Å². The van der Waals surface area contributed by atoms with E-state index >= 15 is 0 Å². The van der Waals surface area contributed by atoms with Gasteiger partial charge in [-0.25, -0.2) is 15.8 Å². The number of hydrogen-bond donors (Lipinski definition) is 2. The number of hydrazine groups is 1. The lowest BCUT2D eigenvalue weighted by Gasteiger charge is -2.28. The minimum atomic E-state index is 0.679. The van der Waals surface area contributed by atoms with Crippen LogP contribution in [-0.2, 0) is 19.4 Å². The number of fused-ring (bicyclic) bond motifs is 1. The molecular weight excluding hydrogens is 258 g/mol. The maximum absolute atomic E-state index is 5.47. The maximum Gasteiger partial charge on any atom is 0.145 e. The van der Waals surface area contributed by atoms with Gasteiger partial charge in [-0.1, -0.05) is 6.92 Å². The molecule has 5 nitrogen and oxygen atoms in total. The van der Waals surface area contributed by atoms with Gasteiger partial charge < -0.3 is 10.3 Å². The summed E-state index contributed by atoms with van der Waals surface area (Å²) in [7, 11) is 0. The van der Waals surface area contributed by atoms with Gasteiger partial charge in [-0.05, 0) is 23.4 Å². The van der Waals surface area contributed by atoms with Crippen LogP contribution in [0.3, 0.4) is 0 Å². The Labute approximate surface area is 116 Å². The number of thiophene rings is 1. The fourth-order valence-electron chi connectivity index (χ4n) is 2.32. The van der Waals surface area contributed by atoms with Crippen LogP contribution < -0.4 is 16.2 Å². The molecule has 1 aliphatic heterocycles. The molecule has 0 bridgehead atoms. The summed E-state index contributed by atoms with van der Waals surface area (Å²) in [4.78, 5) is 12.7. The van der Waals surface area contributed by atoms with Crippen LogP contribution in [-0.4, -0.2) is 16.5 Å². The van der Waals surface area contributed by atoms with E-state index in [0.717, 1.165) is 37.6 Å². The highest BCUT2D eigenvalue weighted by Gasteiger charge is 2.19. The van der Waals surface area contributed by atoms with E-state index in [1.165, 1.54) is 10.4 Å². The van der Waals surface area contributed by atoms with Crippen LogP contribution in [0, 0.1) is 0 Å². The third kappa shape index (κ3) is 2.41. The molecule has 0 radical (unpaired) electrons. The van der Waals surface area contributed by atoms with Crippen molar-refractivity contribution < 1.29 is 0 Å².